The highest BCUT2D eigenvalue weighted by Crippen LogP contribution is 2.47. The van der Waals surface area contributed by atoms with E-state index in [4.69, 9.17) is 0 Å². The molecule has 1 fully saturated rings. The molecule has 0 amide bonds. The van der Waals surface area contributed by atoms with Gasteiger partial charge in [-0.2, -0.15) is 0 Å². The van der Waals surface area contributed by atoms with Crippen LogP contribution in [0.3, 0.4) is 0 Å². The molecule has 1 heterocycles. The second-order valence-electron chi connectivity index (χ2n) is 5.65. The third-order valence-corrected chi connectivity index (χ3v) is 3.94. The van der Waals surface area contributed by atoms with E-state index >= 15 is 0 Å². The molecule has 2 atom stereocenters. The van der Waals surface area contributed by atoms with E-state index in [0.717, 1.165) is 13.1 Å². The van der Waals surface area contributed by atoms with E-state index < -0.39 is 0 Å². The fourth-order valence-electron chi connectivity index (χ4n) is 2.07. The summed E-state index contributed by atoms with van der Waals surface area (Å²) in [5.41, 5.74) is 0.578. The van der Waals surface area contributed by atoms with Crippen LogP contribution in [0.5, 0.6) is 0 Å². The van der Waals surface area contributed by atoms with Gasteiger partial charge in [0.15, 0.2) is 0 Å². The monoisotopic (exact) mass is 221 g/mol. The predicted octanol–water partition coefficient (Wildman–Crippen LogP) is 2.30. The first-order chi connectivity index (χ1) is 7.60. The Kier molecular flexibility index (Phi) is 3.33. The van der Waals surface area contributed by atoms with Crippen molar-refractivity contribution >= 4 is 0 Å². The first-order valence-electron chi connectivity index (χ1n) is 6.29. The second kappa shape index (κ2) is 4.58. The van der Waals surface area contributed by atoms with Gasteiger partial charge in [-0.15, -0.1) is 0 Å². The van der Waals surface area contributed by atoms with Crippen molar-refractivity contribution in [2.45, 2.75) is 46.2 Å². The summed E-state index contributed by atoms with van der Waals surface area (Å²) in [4.78, 5) is 4.06. The lowest BCUT2D eigenvalue weighted by molar-refractivity contribution is 0.342. The molecule has 3 nitrogen and oxygen atoms in total. The summed E-state index contributed by atoms with van der Waals surface area (Å²) < 4.78 is 2.15. The van der Waals surface area contributed by atoms with Gasteiger partial charge in [0.1, 0.15) is 0 Å². The molecule has 2 rings (SSSR count). The number of rotatable bonds is 6. The molecule has 1 saturated carbocycles. The standard InChI is InChI=1S/C13H23N3/c1-11(9-16-7-6-14-10-16)8-15-12(2)13(3)4-5-13/h6-7,10-12,15H,4-5,8-9H2,1-3H3. The first kappa shape index (κ1) is 11.6. The van der Waals surface area contributed by atoms with E-state index in [9.17, 15) is 0 Å². The first-order valence-corrected chi connectivity index (χ1v) is 6.29. The molecule has 0 bridgehead atoms. The molecule has 3 heteroatoms. The van der Waals surface area contributed by atoms with Gasteiger partial charge in [0.05, 0.1) is 6.33 Å². The van der Waals surface area contributed by atoms with Gasteiger partial charge in [-0.05, 0) is 37.6 Å². The molecular formula is C13H23N3. The zero-order chi connectivity index (χ0) is 11.6. The fraction of sp³-hybridized carbons (Fsp3) is 0.769. The van der Waals surface area contributed by atoms with Crippen LogP contribution in [0.15, 0.2) is 18.7 Å². The van der Waals surface area contributed by atoms with Crippen LogP contribution in [0.4, 0.5) is 0 Å². The van der Waals surface area contributed by atoms with Gasteiger partial charge in [0, 0.05) is 25.0 Å². The van der Waals surface area contributed by atoms with Crippen molar-refractivity contribution in [1.29, 1.82) is 0 Å². The smallest absolute Gasteiger partial charge is 0.0946 e. The van der Waals surface area contributed by atoms with Crippen molar-refractivity contribution in [2.75, 3.05) is 6.54 Å². The summed E-state index contributed by atoms with van der Waals surface area (Å²) in [6.07, 6.45) is 8.53. The maximum Gasteiger partial charge on any atom is 0.0946 e. The van der Waals surface area contributed by atoms with Gasteiger partial charge in [-0.1, -0.05) is 13.8 Å². The zero-order valence-corrected chi connectivity index (χ0v) is 10.6. The molecule has 0 spiro atoms. The summed E-state index contributed by atoms with van der Waals surface area (Å²) in [5, 5.41) is 3.66. The summed E-state index contributed by atoms with van der Waals surface area (Å²) in [5.74, 6) is 0.652. The van der Waals surface area contributed by atoms with Gasteiger partial charge in [-0.25, -0.2) is 4.98 Å². The molecule has 0 aliphatic heterocycles. The lowest BCUT2D eigenvalue weighted by atomic mass is 10.0. The second-order valence-corrected chi connectivity index (χ2v) is 5.65. The summed E-state index contributed by atoms with van der Waals surface area (Å²) in [6.45, 7) is 9.13. The van der Waals surface area contributed by atoms with Crippen molar-refractivity contribution in [3.8, 4) is 0 Å². The normalized spacial score (nSPS) is 21.7. The average molecular weight is 221 g/mol. The highest BCUT2D eigenvalue weighted by molar-refractivity contribution is 4.96. The van der Waals surface area contributed by atoms with E-state index in [1.165, 1.54) is 12.8 Å². The van der Waals surface area contributed by atoms with E-state index in [1.807, 2.05) is 18.7 Å². The lowest BCUT2D eigenvalue weighted by Crippen LogP contribution is -2.37. The Hall–Kier alpha value is -0.830. The van der Waals surface area contributed by atoms with Crippen molar-refractivity contribution in [3.05, 3.63) is 18.7 Å². The number of imidazole rings is 1. The van der Waals surface area contributed by atoms with Crippen LogP contribution in [0, 0.1) is 11.3 Å². The molecular weight excluding hydrogens is 198 g/mol. The minimum atomic E-state index is 0.578. The zero-order valence-electron chi connectivity index (χ0n) is 10.6. The molecule has 2 unspecified atom stereocenters. The maximum absolute atomic E-state index is 4.06. The van der Waals surface area contributed by atoms with E-state index in [2.05, 4.69) is 35.6 Å². The average Bonchev–Trinajstić information content (AvgIpc) is 2.79. The molecule has 1 aromatic heterocycles. The lowest BCUT2D eigenvalue weighted by Gasteiger charge is -2.23. The molecule has 1 N–H and O–H groups in total. The number of nitrogens with one attached hydrogen (secondary N) is 1. The topological polar surface area (TPSA) is 29.9 Å². The Morgan fingerprint density at radius 3 is 2.75 bits per heavy atom. The van der Waals surface area contributed by atoms with Gasteiger partial charge in [0.2, 0.25) is 0 Å². The SMILES string of the molecule is CC(CNC(C)C1(C)CC1)Cn1ccnc1. The van der Waals surface area contributed by atoms with Crippen LogP contribution in [0.2, 0.25) is 0 Å². The third-order valence-electron chi connectivity index (χ3n) is 3.94. The van der Waals surface area contributed by atoms with Crippen LogP contribution in [0.1, 0.15) is 33.6 Å². The summed E-state index contributed by atoms with van der Waals surface area (Å²) >= 11 is 0. The van der Waals surface area contributed by atoms with Gasteiger partial charge in [-0.3, -0.25) is 0 Å². The van der Waals surface area contributed by atoms with Crippen molar-refractivity contribution in [1.82, 2.24) is 14.9 Å². The van der Waals surface area contributed by atoms with Gasteiger partial charge < -0.3 is 9.88 Å². The highest BCUT2D eigenvalue weighted by Gasteiger charge is 2.42. The minimum absolute atomic E-state index is 0.578. The van der Waals surface area contributed by atoms with Crippen LogP contribution in [-0.4, -0.2) is 22.1 Å². The molecule has 1 aliphatic carbocycles. The molecule has 1 aromatic rings. The summed E-state index contributed by atoms with van der Waals surface area (Å²) in [6, 6.07) is 0.651. The van der Waals surface area contributed by atoms with Crippen LogP contribution in [-0.2, 0) is 6.54 Å². The Morgan fingerprint density at radius 1 is 1.44 bits per heavy atom. The number of nitrogens with zero attached hydrogens (tertiary/aromatic N) is 2. The summed E-state index contributed by atoms with van der Waals surface area (Å²) in [7, 11) is 0. The van der Waals surface area contributed by atoms with Crippen LogP contribution in [0.25, 0.3) is 0 Å². The predicted molar refractivity (Wildman–Crippen MR) is 66.2 cm³/mol. The Balaban J connectivity index is 1.69. The van der Waals surface area contributed by atoms with Gasteiger partial charge >= 0.3 is 0 Å². The van der Waals surface area contributed by atoms with Crippen LogP contribution >= 0.6 is 0 Å². The fourth-order valence-corrected chi connectivity index (χ4v) is 2.07. The largest absolute Gasteiger partial charge is 0.337 e. The quantitative estimate of drug-likeness (QED) is 0.799. The van der Waals surface area contributed by atoms with Crippen molar-refractivity contribution < 1.29 is 0 Å². The van der Waals surface area contributed by atoms with E-state index in [-0.39, 0.29) is 0 Å². The molecule has 0 aromatic carbocycles. The van der Waals surface area contributed by atoms with Crippen molar-refractivity contribution in [3.63, 3.8) is 0 Å². The highest BCUT2D eigenvalue weighted by atomic mass is 15.0. The van der Waals surface area contributed by atoms with Crippen LogP contribution < -0.4 is 5.32 Å². The van der Waals surface area contributed by atoms with Gasteiger partial charge in [0.25, 0.3) is 0 Å². The third kappa shape index (κ3) is 2.85. The Labute approximate surface area is 98.3 Å². The molecule has 90 valence electrons. The molecule has 16 heavy (non-hydrogen) atoms. The maximum atomic E-state index is 4.06. The van der Waals surface area contributed by atoms with Crippen molar-refractivity contribution in [2.24, 2.45) is 11.3 Å². The molecule has 0 radical (unpaired) electrons. The number of aromatic nitrogens is 2. The minimum Gasteiger partial charge on any atom is -0.337 e. The number of hydrogen-bond acceptors (Lipinski definition) is 2. The Morgan fingerprint density at radius 2 is 2.19 bits per heavy atom. The molecule has 0 saturated heterocycles. The molecule has 1 aliphatic rings. The Bertz CT molecular complexity index is 314. The number of hydrogen-bond donors (Lipinski definition) is 1. The van der Waals surface area contributed by atoms with E-state index in [1.54, 1.807) is 0 Å². The van der Waals surface area contributed by atoms with E-state index in [0.29, 0.717) is 17.4 Å².